The van der Waals surface area contributed by atoms with E-state index in [1.54, 1.807) is 0 Å². The second-order valence-electron chi connectivity index (χ2n) is 2.34. The average molecular weight is 174 g/mol. The van der Waals surface area contributed by atoms with Gasteiger partial charge in [-0.3, -0.25) is 0 Å². The van der Waals surface area contributed by atoms with E-state index in [4.69, 9.17) is 0 Å². The van der Waals surface area contributed by atoms with Crippen molar-refractivity contribution in [1.29, 1.82) is 0 Å². The number of benzene rings is 1. The van der Waals surface area contributed by atoms with E-state index in [-0.39, 0.29) is 5.46 Å². The Morgan fingerprint density at radius 2 is 1.83 bits per heavy atom. The van der Waals surface area contributed by atoms with Gasteiger partial charge >= 0.3 is 0 Å². The van der Waals surface area contributed by atoms with Crippen LogP contribution in [0.25, 0.3) is 0 Å². The zero-order valence-electron chi connectivity index (χ0n) is 6.62. The molecule has 0 spiro atoms. The van der Waals surface area contributed by atoms with Gasteiger partial charge in [0.05, 0.1) is 7.11 Å². The number of ether oxygens (including phenoxy) is 1. The highest BCUT2D eigenvalue weighted by atomic mass is 19.2. The van der Waals surface area contributed by atoms with Gasteiger partial charge in [0.1, 0.15) is 7.85 Å². The van der Waals surface area contributed by atoms with Crippen LogP contribution in [-0.4, -0.2) is 15.0 Å². The van der Waals surface area contributed by atoms with Crippen molar-refractivity contribution < 1.29 is 17.9 Å². The minimum atomic E-state index is -1.28. The molecule has 0 aliphatic rings. The summed E-state index contributed by atoms with van der Waals surface area (Å²) < 4.78 is 42.6. The number of methoxy groups -OCH3 is 1. The molecule has 0 aromatic heterocycles. The lowest BCUT2D eigenvalue weighted by Crippen LogP contribution is -2.13. The second-order valence-corrected chi connectivity index (χ2v) is 2.34. The van der Waals surface area contributed by atoms with Gasteiger partial charge in [0.2, 0.25) is 5.82 Å². The van der Waals surface area contributed by atoms with Crippen molar-refractivity contribution in [2.45, 2.75) is 0 Å². The van der Waals surface area contributed by atoms with Crippen molar-refractivity contribution in [3.8, 4) is 5.75 Å². The lowest BCUT2D eigenvalue weighted by molar-refractivity contribution is 0.348. The summed E-state index contributed by atoms with van der Waals surface area (Å²) in [6, 6.07) is 0.886. The van der Waals surface area contributed by atoms with Gasteiger partial charge in [0.15, 0.2) is 17.4 Å². The van der Waals surface area contributed by atoms with Crippen molar-refractivity contribution in [2.75, 3.05) is 7.11 Å². The number of hydrogen-bond acceptors (Lipinski definition) is 1. The van der Waals surface area contributed by atoms with Crippen LogP contribution < -0.4 is 10.2 Å². The predicted molar refractivity (Wildman–Crippen MR) is 41.0 cm³/mol. The molecule has 0 fully saturated rings. The summed E-state index contributed by atoms with van der Waals surface area (Å²) in [4.78, 5) is 0. The lowest BCUT2D eigenvalue weighted by atomic mass is 9.95. The largest absolute Gasteiger partial charge is 0.491 e. The Balaban J connectivity index is 3.40. The molecule has 12 heavy (non-hydrogen) atoms. The zero-order chi connectivity index (χ0) is 9.30. The minimum Gasteiger partial charge on any atom is -0.491 e. The van der Waals surface area contributed by atoms with E-state index in [1.807, 2.05) is 0 Å². The second kappa shape index (κ2) is 3.09. The van der Waals surface area contributed by atoms with Gasteiger partial charge in [-0.2, -0.15) is 4.39 Å². The van der Waals surface area contributed by atoms with Crippen molar-refractivity contribution in [3.05, 3.63) is 23.5 Å². The SMILES string of the molecule is Bc1cc(F)c(OC)c(F)c1F. The van der Waals surface area contributed by atoms with E-state index in [2.05, 4.69) is 4.74 Å². The van der Waals surface area contributed by atoms with E-state index in [9.17, 15) is 13.2 Å². The Morgan fingerprint density at radius 3 is 2.33 bits per heavy atom. The average Bonchev–Trinajstić information content (AvgIpc) is 2.01. The first-order chi connectivity index (χ1) is 5.57. The van der Waals surface area contributed by atoms with Gasteiger partial charge in [-0.25, -0.2) is 8.78 Å². The fraction of sp³-hybridized carbons (Fsp3) is 0.143. The summed E-state index contributed by atoms with van der Waals surface area (Å²) in [5.74, 6) is -3.93. The standard InChI is InChI=1S/C7H6BF3O/c1-12-7-4(9)2-3(8)5(10)6(7)11/h2H,8H2,1H3. The molecule has 0 atom stereocenters. The fourth-order valence-corrected chi connectivity index (χ4v) is 0.884. The van der Waals surface area contributed by atoms with Crippen LogP contribution in [0.4, 0.5) is 13.2 Å². The van der Waals surface area contributed by atoms with Crippen molar-refractivity contribution in [3.63, 3.8) is 0 Å². The summed E-state index contributed by atoms with van der Waals surface area (Å²) >= 11 is 0. The van der Waals surface area contributed by atoms with Gasteiger partial charge in [-0.15, -0.1) is 0 Å². The maximum Gasteiger partial charge on any atom is 0.203 e. The van der Waals surface area contributed by atoms with Crippen LogP contribution in [0.1, 0.15) is 0 Å². The monoisotopic (exact) mass is 174 g/mol. The van der Waals surface area contributed by atoms with Crippen LogP contribution in [0.3, 0.4) is 0 Å². The lowest BCUT2D eigenvalue weighted by Gasteiger charge is -2.05. The topological polar surface area (TPSA) is 9.23 Å². The molecule has 0 saturated carbocycles. The third-order valence-corrected chi connectivity index (χ3v) is 1.50. The summed E-state index contributed by atoms with van der Waals surface area (Å²) in [6.07, 6.45) is 0. The number of hydrogen-bond donors (Lipinski definition) is 0. The molecule has 1 aromatic carbocycles. The molecule has 0 radical (unpaired) electrons. The smallest absolute Gasteiger partial charge is 0.203 e. The van der Waals surface area contributed by atoms with Gasteiger partial charge in [0, 0.05) is 0 Å². The molecule has 0 bridgehead atoms. The van der Waals surface area contributed by atoms with Crippen LogP contribution in [0.2, 0.25) is 0 Å². The first kappa shape index (κ1) is 8.97. The molecular formula is C7H6BF3O. The molecule has 1 nitrogen and oxygen atoms in total. The number of halogens is 3. The molecule has 0 N–H and O–H groups in total. The highest BCUT2D eigenvalue weighted by Gasteiger charge is 2.16. The first-order valence-corrected chi connectivity index (χ1v) is 3.26. The molecular weight excluding hydrogens is 168 g/mol. The van der Waals surface area contributed by atoms with Gasteiger partial charge in [-0.1, -0.05) is 0 Å². The summed E-state index contributed by atoms with van der Waals surface area (Å²) in [6.45, 7) is 0. The van der Waals surface area contributed by atoms with Crippen LogP contribution in [-0.2, 0) is 0 Å². The fourth-order valence-electron chi connectivity index (χ4n) is 0.884. The molecule has 0 heterocycles. The van der Waals surface area contributed by atoms with Crippen LogP contribution >= 0.6 is 0 Å². The molecule has 1 rings (SSSR count). The minimum absolute atomic E-state index is 0.0780. The highest BCUT2D eigenvalue weighted by Crippen LogP contribution is 2.21. The van der Waals surface area contributed by atoms with Gasteiger partial charge < -0.3 is 4.74 Å². The van der Waals surface area contributed by atoms with Crippen molar-refractivity contribution in [2.24, 2.45) is 0 Å². The van der Waals surface area contributed by atoms with Crippen molar-refractivity contribution in [1.82, 2.24) is 0 Å². The van der Waals surface area contributed by atoms with Crippen LogP contribution in [0.15, 0.2) is 6.07 Å². The van der Waals surface area contributed by atoms with E-state index in [0.717, 1.165) is 13.2 Å². The van der Waals surface area contributed by atoms with Crippen LogP contribution in [0, 0.1) is 17.5 Å². The first-order valence-electron chi connectivity index (χ1n) is 3.26. The molecule has 0 aliphatic heterocycles. The summed E-state index contributed by atoms with van der Waals surface area (Å²) in [5, 5.41) is 0. The highest BCUT2D eigenvalue weighted by molar-refractivity contribution is 6.32. The molecule has 0 saturated heterocycles. The normalized spacial score (nSPS) is 10.0. The molecule has 5 heteroatoms. The molecule has 1 aromatic rings. The Bertz CT molecular complexity index is 314. The predicted octanol–water partition coefficient (Wildman–Crippen LogP) is 0.371. The van der Waals surface area contributed by atoms with E-state index >= 15 is 0 Å². The van der Waals surface area contributed by atoms with Gasteiger partial charge in [-0.05, 0) is 11.5 Å². The third-order valence-electron chi connectivity index (χ3n) is 1.50. The van der Waals surface area contributed by atoms with Crippen LogP contribution in [0.5, 0.6) is 5.75 Å². The summed E-state index contributed by atoms with van der Waals surface area (Å²) in [7, 11) is 2.36. The number of rotatable bonds is 1. The molecule has 0 amide bonds. The maximum atomic E-state index is 12.8. The molecule has 0 aliphatic carbocycles. The quantitative estimate of drug-likeness (QED) is 0.441. The Labute approximate surface area is 68.6 Å². The maximum absolute atomic E-state index is 12.8. The summed E-state index contributed by atoms with van der Waals surface area (Å²) in [5.41, 5.74) is -0.0780. The van der Waals surface area contributed by atoms with Gasteiger partial charge in [0.25, 0.3) is 0 Å². The molecule has 64 valence electrons. The van der Waals surface area contributed by atoms with E-state index in [0.29, 0.717) is 0 Å². The van der Waals surface area contributed by atoms with Crippen molar-refractivity contribution >= 4 is 13.3 Å². The Hall–Kier alpha value is -1.13. The third kappa shape index (κ3) is 1.26. The zero-order valence-corrected chi connectivity index (χ0v) is 6.62. The van der Waals surface area contributed by atoms with E-state index < -0.39 is 23.2 Å². The Morgan fingerprint density at radius 1 is 1.25 bits per heavy atom. The Kier molecular flexibility index (Phi) is 2.31. The van der Waals surface area contributed by atoms with E-state index in [1.165, 1.54) is 7.85 Å². The molecule has 0 unspecified atom stereocenters.